The fourth-order valence-corrected chi connectivity index (χ4v) is 4.29. The maximum atomic E-state index is 11.6. The van der Waals surface area contributed by atoms with Crippen molar-refractivity contribution in [1.29, 1.82) is 0 Å². The number of guanidine groups is 1. The van der Waals surface area contributed by atoms with Crippen LogP contribution in [0.1, 0.15) is 26.7 Å². The molecule has 1 aliphatic carbocycles. The molecule has 0 radical (unpaired) electrons. The van der Waals surface area contributed by atoms with Crippen molar-refractivity contribution < 1.29 is 17.9 Å². The average Bonchev–Trinajstić information content (AvgIpc) is 3.31. The van der Waals surface area contributed by atoms with Gasteiger partial charge in [0.05, 0.1) is 19.5 Å². The molecule has 1 aliphatic rings. The van der Waals surface area contributed by atoms with Crippen LogP contribution in [-0.4, -0.2) is 53.2 Å². The van der Waals surface area contributed by atoms with Crippen LogP contribution in [0.2, 0.25) is 0 Å². The summed E-state index contributed by atoms with van der Waals surface area (Å²) in [7, 11) is -1.39. The molecule has 154 valence electrons. The quantitative estimate of drug-likeness (QED) is 0.301. The van der Waals surface area contributed by atoms with E-state index in [-0.39, 0.29) is 35.1 Å². The molecule has 0 saturated heterocycles. The van der Waals surface area contributed by atoms with Crippen LogP contribution in [0.4, 0.5) is 5.69 Å². The van der Waals surface area contributed by atoms with E-state index in [1.54, 1.807) is 7.11 Å². The number of aliphatic imine (C=N–C) groups is 1. The molecule has 0 atom stereocenters. The fraction of sp³-hybridized carbons (Fsp3) is 0.611. The highest BCUT2D eigenvalue weighted by Crippen LogP contribution is 2.46. The molecule has 0 heterocycles. The molecule has 1 fully saturated rings. The van der Waals surface area contributed by atoms with E-state index in [1.165, 1.54) is 6.26 Å². The Hall–Kier alpha value is -1.23. The van der Waals surface area contributed by atoms with Crippen LogP contribution >= 0.6 is 24.0 Å². The number of halogens is 1. The van der Waals surface area contributed by atoms with Gasteiger partial charge in [-0.2, -0.15) is 0 Å². The van der Waals surface area contributed by atoms with Crippen LogP contribution < -0.4 is 20.1 Å². The highest BCUT2D eigenvalue weighted by Gasteiger charge is 2.45. The summed E-state index contributed by atoms with van der Waals surface area (Å²) in [5, 5.41) is 6.44. The maximum absolute atomic E-state index is 11.6. The van der Waals surface area contributed by atoms with Crippen LogP contribution in [0.15, 0.2) is 23.2 Å². The number of nitrogens with zero attached hydrogens (tertiary/aromatic N) is 1. The predicted octanol–water partition coefficient (Wildman–Crippen LogP) is 2.91. The van der Waals surface area contributed by atoms with Crippen LogP contribution in [0.5, 0.6) is 11.5 Å². The van der Waals surface area contributed by atoms with Gasteiger partial charge in [0, 0.05) is 36.5 Å². The van der Waals surface area contributed by atoms with Gasteiger partial charge in [0.1, 0.15) is 9.84 Å². The summed E-state index contributed by atoms with van der Waals surface area (Å²) in [4.78, 5) is 4.60. The molecule has 0 unspecified atom stereocenters. The third-order valence-corrected chi connectivity index (χ3v) is 5.31. The van der Waals surface area contributed by atoms with Crippen molar-refractivity contribution in [2.24, 2.45) is 10.4 Å². The van der Waals surface area contributed by atoms with Crippen molar-refractivity contribution in [3.05, 3.63) is 18.2 Å². The standard InChI is InChI=1S/C18H29N3O4S.HI/c1-5-19-17(20-12-18(9-10-18)13-26(4,22)23)21-14-7-8-15(24-3)16(11-14)25-6-2;/h7-8,11H,5-6,9-10,12-13H2,1-4H3,(H2,19,20,21);1H. The lowest BCUT2D eigenvalue weighted by atomic mass is 10.1. The number of benzene rings is 1. The molecule has 0 spiro atoms. The van der Waals surface area contributed by atoms with Gasteiger partial charge < -0.3 is 20.1 Å². The van der Waals surface area contributed by atoms with Gasteiger partial charge in [0.25, 0.3) is 0 Å². The van der Waals surface area contributed by atoms with Gasteiger partial charge >= 0.3 is 0 Å². The average molecular weight is 511 g/mol. The van der Waals surface area contributed by atoms with E-state index in [1.807, 2.05) is 32.0 Å². The van der Waals surface area contributed by atoms with Crippen molar-refractivity contribution in [3.63, 3.8) is 0 Å². The van der Waals surface area contributed by atoms with E-state index in [0.29, 0.717) is 37.2 Å². The first-order valence-electron chi connectivity index (χ1n) is 8.85. The zero-order valence-corrected chi connectivity index (χ0v) is 19.5. The number of hydrogen-bond acceptors (Lipinski definition) is 5. The second-order valence-electron chi connectivity index (χ2n) is 6.69. The Morgan fingerprint density at radius 2 is 1.96 bits per heavy atom. The Kier molecular flexibility index (Phi) is 9.13. The summed E-state index contributed by atoms with van der Waals surface area (Å²) in [6.45, 7) is 5.65. The Morgan fingerprint density at radius 1 is 1.26 bits per heavy atom. The number of sulfone groups is 1. The zero-order valence-electron chi connectivity index (χ0n) is 16.4. The lowest BCUT2D eigenvalue weighted by molar-refractivity contribution is 0.311. The van der Waals surface area contributed by atoms with Crippen molar-refractivity contribution in [1.82, 2.24) is 5.32 Å². The molecule has 0 bridgehead atoms. The van der Waals surface area contributed by atoms with Crippen molar-refractivity contribution in [3.8, 4) is 11.5 Å². The molecule has 2 N–H and O–H groups in total. The predicted molar refractivity (Wildman–Crippen MR) is 121 cm³/mol. The van der Waals surface area contributed by atoms with Gasteiger partial charge in [0.2, 0.25) is 0 Å². The second-order valence-corrected chi connectivity index (χ2v) is 8.83. The number of rotatable bonds is 9. The zero-order chi connectivity index (χ0) is 19.2. The second kappa shape index (κ2) is 10.4. The fourth-order valence-electron chi connectivity index (χ4n) is 2.79. The normalized spacial score (nSPS) is 15.5. The van der Waals surface area contributed by atoms with E-state index in [9.17, 15) is 8.42 Å². The maximum Gasteiger partial charge on any atom is 0.195 e. The van der Waals surface area contributed by atoms with E-state index < -0.39 is 9.84 Å². The van der Waals surface area contributed by atoms with Crippen LogP contribution in [-0.2, 0) is 9.84 Å². The molecule has 27 heavy (non-hydrogen) atoms. The van der Waals surface area contributed by atoms with Gasteiger partial charge in [0.15, 0.2) is 17.5 Å². The molecule has 2 rings (SSSR count). The topological polar surface area (TPSA) is 89.0 Å². The van der Waals surface area contributed by atoms with Gasteiger partial charge in [-0.15, -0.1) is 24.0 Å². The summed E-state index contributed by atoms with van der Waals surface area (Å²) < 4.78 is 34.1. The number of anilines is 1. The van der Waals surface area contributed by atoms with Gasteiger partial charge in [-0.05, 0) is 38.8 Å². The van der Waals surface area contributed by atoms with Crippen LogP contribution in [0, 0.1) is 5.41 Å². The van der Waals surface area contributed by atoms with E-state index in [4.69, 9.17) is 9.47 Å². The van der Waals surface area contributed by atoms with Gasteiger partial charge in [-0.1, -0.05) is 0 Å². The van der Waals surface area contributed by atoms with Gasteiger partial charge in [-0.3, -0.25) is 4.99 Å². The number of hydrogen-bond donors (Lipinski definition) is 2. The van der Waals surface area contributed by atoms with Crippen LogP contribution in [0.3, 0.4) is 0 Å². The third-order valence-electron chi connectivity index (χ3n) is 4.17. The smallest absolute Gasteiger partial charge is 0.195 e. The molecule has 0 aromatic heterocycles. The molecule has 0 aliphatic heterocycles. The Labute approximate surface area is 179 Å². The molecule has 1 aromatic carbocycles. The molecule has 9 heteroatoms. The number of nitrogens with one attached hydrogen (secondary N) is 2. The largest absolute Gasteiger partial charge is 0.493 e. The van der Waals surface area contributed by atoms with Crippen molar-refractivity contribution in [2.45, 2.75) is 26.7 Å². The summed E-state index contributed by atoms with van der Waals surface area (Å²) >= 11 is 0. The van der Waals surface area contributed by atoms with Crippen LogP contribution in [0.25, 0.3) is 0 Å². The lowest BCUT2D eigenvalue weighted by Gasteiger charge is -2.16. The highest BCUT2D eigenvalue weighted by atomic mass is 127. The Balaban J connectivity index is 0.00000364. The molecule has 1 saturated carbocycles. The van der Waals surface area contributed by atoms with Crippen molar-refractivity contribution >= 4 is 45.5 Å². The van der Waals surface area contributed by atoms with E-state index in [2.05, 4.69) is 15.6 Å². The summed E-state index contributed by atoms with van der Waals surface area (Å²) in [6.07, 6.45) is 3.09. The molecule has 7 nitrogen and oxygen atoms in total. The minimum atomic E-state index is -3.00. The Bertz CT molecular complexity index is 749. The first-order chi connectivity index (χ1) is 12.3. The summed E-state index contributed by atoms with van der Waals surface area (Å²) in [5.74, 6) is 2.15. The molecular weight excluding hydrogens is 481 g/mol. The lowest BCUT2D eigenvalue weighted by Crippen LogP contribution is -2.32. The molecule has 1 aromatic rings. The minimum absolute atomic E-state index is 0. The Morgan fingerprint density at radius 3 is 2.48 bits per heavy atom. The summed E-state index contributed by atoms with van der Waals surface area (Å²) in [5.41, 5.74) is 0.619. The first-order valence-corrected chi connectivity index (χ1v) is 10.9. The minimum Gasteiger partial charge on any atom is -0.493 e. The number of ether oxygens (including phenoxy) is 2. The third kappa shape index (κ3) is 7.73. The molecular formula is C18H30IN3O4S. The highest BCUT2D eigenvalue weighted by molar-refractivity contribution is 14.0. The summed E-state index contributed by atoms with van der Waals surface area (Å²) in [6, 6.07) is 5.58. The molecule has 0 amide bonds. The van der Waals surface area contributed by atoms with Crippen molar-refractivity contribution in [2.75, 3.05) is 44.1 Å². The van der Waals surface area contributed by atoms with E-state index >= 15 is 0 Å². The van der Waals surface area contributed by atoms with Gasteiger partial charge in [-0.25, -0.2) is 8.42 Å². The SMILES string of the molecule is CCNC(=NCC1(CS(C)(=O)=O)CC1)Nc1ccc(OC)c(OCC)c1.I. The first kappa shape index (κ1) is 23.8. The monoisotopic (exact) mass is 511 g/mol. The van der Waals surface area contributed by atoms with E-state index in [0.717, 1.165) is 18.5 Å². The number of methoxy groups -OCH3 is 1.